The van der Waals surface area contributed by atoms with Crippen molar-refractivity contribution in [2.24, 2.45) is 0 Å². The van der Waals surface area contributed by atoms with Crippen molar-refractivity contribution in [1.82, 2.24) is 10.2 Å². The molecular weight excluding hydrogens is 296 g/mol. The van der Waals surface area contributed by atoms with E-state index in [-0.39, 0.29) is 18.7 Å². The SMILES string of the molecule is CC(C)(C)OC(=O)NC1CCN(CCCOCCCCO)CC1. The number of hydrogen-bond donors (Lipinski definition) is 2. The van der Waals surface area contributed by atoms with Gasteiger partial charge in [0, 0.05) is 45.5 Å². The number of alkyl carbamates (subject to hydrolysis) is 1. The first-order chi connectivity index (χ1) is 10.9. The summed E-state index contributed by atoms with van der Waals surface area (Å²) in [7, 11) is 0. The van der Waals surface area contributed by atoms with E-state index in [1.165, 1.54) is 0 Å². The van der Waals surface area contributed by atoms with Gasteiger partial charge >= 0.3 is 6.09 Å². The number of unbranched alkanes of at least 4 members (excludes halogenated alkanes) is 1. The molecule has 1 fully saturated rings. The third-order valence-corrected chi connectivity index (χ3v) is 3.77. The van der Waals surface area contributed by atoms with Gasteiger partial charge in [0.2, 0.25) is 0 Å². The van der Waals surface area contributed by atoms with Crippen LogP contribution in [-0.2, 0) is 9.47 Å². The smallest absolute Gasteiger partial charge is 0.407 e. The van der Waals surface area contributed by atoms with E-state index in [1.807, 2.05) is 20.8 Å². The summed E-state index contributed by atoms with van der Waals surface area (Å²) in [6, 6.07) is 0.218. The minimum Gasteiger partial charge on any atom is -0.444 e. The number of hydrogen-bond acceptors (Lipinski definition) is 5. The molecule has 0 aromatic heterocycles. The number of aliphatic hydroxyl groups excluding tert-OH is 1. The molecule has 2 N–H and O–H groups in total. The lowest BCUT2D eigenvalue weighted by atomic mass is 10.1. The van der Waals surface area contributed by atoms with Crippen molar-refractivity contribution >= 4 is 6.09 Å². The van der Waals surface area contributed by atoms with Crippen LogP contribution in [0.1, 0.15) is 52.9 Å². The molecule has 0 bridgehead atoms. The zero-order valence-corrected chi connectivity index (χ0v) is 15.0. The van der Waals surface area contributed by atoms with Crippen LogP contribution < -0.4 is 5.32 Å². The number of nitrogens with zero attached hydrogens (tertiary/aromatic N) is 1. The number of likely N-dealkylation sites (tertiary alicyclic amines) is 1. The van der Waals surface area contributed by atoms with Crippen LogP contribution >= 0.6 is 0 Å². The molecule has 136 valence electrons. The quantitative estimate of drug-likeness (QED) is 0.634. The Kier molecular flexibility index (Phi) is 9.52. The number of aliphatic hydroxyl groups is 1. The first-order valence-electron chi connectivity index (χ1n) is 8.81. The van der Waals surface area contributed by atoms with Crippen LogP contribution in [0, 0.1) is 0 Å². The summed E-state index contributed by atoms with van der Waals surface area (Å²) in [5.74, 6) is 0. The average molecular weight is 330 g/mol. The first-order valence-corrected chi connectivity index (χ1v) is 8.81. The van der Waals surface area contributed by atoms with Crippen molar-refractivity contribution in [2.45, 2.75) is 64.5 Å². The molecule has 1 aliphatic heterocycles. The second-order valence-corrected chi connectivity index (χ2v) is 7.16. The van der Waals surface area contributed by atoms with Gasteiger partial charge in [-0.15, -0.1) is 0 Å². The lowest BCUT2D eigenvalue weighted by Gasteiger charge is -2.32. The molecule has 1 heterocycles. The fourth-order valence-corrected chi connectivity index (χ4v) is 2.58. The van der Waals surface area contributed by atoms with E-state index in [0.717, 1.165) is 65.0 Å². The number of ether oxygens (including phenoxy) is 2. The highest BCUT2D eigenvalue weighted by Crippen LogP contribution is 2.12. The minimum atomic E-state index is -0.442. The zero-order chi connectivity index (χ0) is 17.1. The molecule has 0 spiro atoms. The van der Waals surface area contributed by atoms with Crippen molar-refractivity contribution in [3.63, 3.8) is 0 Å². The average Bonchev–Trinajstić information content (AvgIpc) is 2.46. The van der Waals surface area contributed by atoms with E-state index >= 15 is 0 Å². The van der Waals surface area contributed by atoms with E-state index < -0.39 is 5.60 Å². The Balaban J connectivity index is 2.03. The highest BCUT2D eigenvalue weighted by atomic mass is 16.6. The minimum absolute atomic E-state index is 0.218. The van der Waals surface area contributed by atoms with Crippen LogP contribution in [0.2, 0.25) is 0 Å². The number of piperidine rings is 1. The van der Waals surface area contributed by atoms with Gasteiger partial charge < -0.3 is 24.8 Å². The molecule has 6 nitrogen and oxygen atoms in total. The predicted molar refractivity (Wildman–Crippen MR) is 90.6 cm³/mol. The molecule has 0 aromatic rings. The molecule has 0 aromatic carbocycles. The fourth-order valence-electron chi connectivity index (χ4n) is 2.58. The van der Waals surface area contributed by atoms with Gasteiger partial charge in [0.1, 0.15) is 5.60 Å². The number of nitrogens with one attached hydrogen (secondary N) is 1. The molecule has 6 heteroatoms. The van der Waals surface area contributed by atoms with Crippen molar-refractivity contribution in [1.29, 1.82) is 0 Å². The molecule has 1 rings (SSSR count). The van der Waals surface area contributed by atoms with Crippen LogP contribution in [0.25, 0.3) is 0 Å². The second-order valence-electron chi connectivity index (χ2n) is 7.16. The van der Waals surface area contributed by atoms with E-state index in [0.29, 0.717) is 0 Å². The molecule has 0 unspecified atom stereocenters. The third kappa shape index (κ3) is 10.5. The lowest BCUT2D eigenvalue weighted by Crippen LogP contribution is -2.46. The Labute approximate surface area is 140 Å². The van der Waals surface area contributed by atoms with Crippen molar-refractivity contribution in [3.05, 3.63) is 0 Å². The van der Waals surface area contributed by atoms with E-state index in [2.05, 4.69) is 10.2 Å². The normalized spacial score (nSPS) is 17.2. The van der Waals surface area contributed by atoms with Gasteiger partial charge in [-0.2, -0.15) is 0 Å². The maximum Gasteiger partial charge on any atom is 0.407 e. The molecule has 1 saturated heterocycles. The largest absolute Gasteiger partial charge is 0.444 e. The molecule has 0 aliphatic carbocycles. The summed E-state index contributed by atoms with van der Waals surface area (Å²) < 4.78 is 10.8. The Morgan fingerprint density at radius 1 is 1.17 bits per heavy atom. The fraction of sp³-hybridized carbons (Fsp3) is 0.941. The van der Waals surface area contributed by atoms with Crippen molar-refractivity contribution in [2.75, 3.05) is 39.5 Å². The van der Waals surface area contributed by atoms with Gasteiger partial charge in [0.05, 0.1) is 0 Å². The number of carbonyl (C=O) groups is 1. The number of rotatable bonds is 9. The monoisotopic (exact) mass is 330 g/mol. The molecule has 0 atom stereocenters. The molecule has 1 amide bonds. The highest BCUT2D eigenvalue weighted by molar-refractivity contribution is 5.68. The first kappa shape index (κ1) is 20.2. The number of carbonyl (C=O) groups excluding carboxylic acids is 1. The summed E-state index contributed by atoms with van der Waals surface area (Å²) in [5, 5.41) is 11.6. The Hall–Kier alpha value is -0.850. The van der Waals surface area contributed by atoms with Gasteiger partial charge in [-0.05, 0) is 52.9 Å². The molecule has 23 heavy (non-hydrogen) atoms. The van der Waals surface area contributed by atoms with E-state index in [1.54, 1.807) is 0 Å². The summed E-state index contributed by atoms with van der Waals surface area (Å²) in [6.07, 6.45) is 4.40. The van der Waals surface area contributed by atoms with Crippen molar-refractivity contribution < 1.29 is 19.4 Å². The van der Waals surface area contributed by atoms with Gasteiger partial charge in [0.15, 0.2) is 0 Å². The van der Waals surface area contributed by atoms with Gasteiger partial charge in [0.25, 0.3) is 0 Å². The van der Waals surface area contributed by atoms with Crippen molar-refractivity contribution in [3.8, 4) is 0 Å². The summed E-state index contributed by atoms with van der Waals surface area (Å²) >= 11 is 0. The van der Waals surface area contributed by atoms with Crippen LogP contribution in [0.15, 0.2) is 0 Å². The molecular formula is C17H34N2O4. The van der Waals surface area contributed by atoms with Crippen LogP contribution in [0.3, 0.4) is 0 Å². The maximum absolute atomic E-state index is 11.7. The molecule has 0 radical (unpaired) electrons. The van der Waals surface area contributed by atoms with Crippen LogP contribution in [0.4, 0.5) is 4.79 Å². The van der Waals surface area contributed by atoms with Gasteiger partial charge in [-0.1, -0.05) is 0 Å². The van der Waals surface area contributed by atoms with E-state index in [9.17, 15) is 4.79 Å². The summed E-state index contributed by atoms with van der Waals surface area (Å²) in [4.78, 5) is 14.2. The van der Waals surface area contributed by atoms with Gasteiger partial charge in [-0.25, -0.2) is 4.79 Å². The Morgan fingerprint density at radius 3 is 2.43 bits per heavy atom. The Morgan fingerprint density at radius 2 is 1.83 bits per heavy atom. The lowest BCUT2D eigenvalue weighted by molar-refractivity contribution is 0.0476. The zero-order valence-electron chi connectivity index (χ0n) is 15.0. The third-order valence-electron chi connectivity index (χ3n) is 3.77. The summed E-state index contributed by atoms with van der Waals surface area (Å²) in [6.45, 7) is 10.4. The maximum atomic E-state index is 11.7. The van der Waals surface area contributed by atoms with Crippen LogP contribution in [-0.4, -0.2) is 67.2 Å². The van der Waals surface area contributed by atoms with Gasteiger partial charge in [-0.3, -0.25) is 0 Å². The molecule has 0 saturated carbocycles. The molecule has 1 aliphatic rings. The Bertz CT molecular complexity index is 323. The second kappa shape index (κ2) is 10.8. The predicted octanol–water partition coefficient (Wildman–Crippen LogP) is 2.15. The van der Waals surface area contributed by atoms with E-state index in [4.69, 9.17) is 14.6 Å². The number of amides is 1. The standard InChI is InChI=1S/C17H34N2O4/c1-17(2,3)23-16(21)18-15-7-10-19(11-8-15)9-6-14-22-13-5-4-12-20/h15,20H,4-14H2,1-3H3,(H,18,21). The summed E-state index contributed by atoms with van der Waals surface area (Å²) in [5.41, 5.74) is -0.442. The van der Waals surface area contributed by atoms with Crippen LogP contribution in [0.5, 0.6) is 0 Å². The topological polar surface area (TPSA) is 71.0 Å². The highest BCUT2D eigenvalue weighted by Gasteiger charge is 2.23.